The maximum atomic E-state index is 10.1. The van der Waals surface area contributed by atoms with Crippen LogP contribution in [0.2, 0.25) is 0 Å². The molecule has 3 heteroatoms. The van der Waals surface area contributed by atoms with E-state index in [0.717, 1.165) is 19.4 Å². The number of hydrogen-bond acceptors (Lipinski definition) is 3. The summed E-state index contributed by atoms with van der Waals surface area (Å²) in [6.07, 6.45) is 0.921. The van der Waals surface area contributed by atoms with Crippen LogP contribution in [0, 0.1) is 5.92 Å². The highest BCUT2D eigenvalue weighted by Gasteiger charge is 2.21. The molecule has 2 unspecified atom stereocenters. The van der Waals surface area contributed by atoms with Gasteiger partial charge in [-0.1, -0.05) is 0 Å². The van der Waals surface area contributed by atoms with Gasteiger partial charge >= 0.3 is 0 Å². The highest BCUT2D eigenvalue weighted by atomic mass is 16.1. The number of aldehydes is 1. The average Bonchev–Trinajstić information content (AvgIpc) is 2.14. The molecule has 0 aromatic rings. The summed E-state index contributed by atoms with van der Waals surface area (Å²) in [4.78, 5) is 10.1. The van der Waals surface area contributed by atoms with Crippen LogP contribution in [0.4, 0.5) is 0 Å². The van der Waals surface area contributed by atoms with Gasteiger partial charge in [0.1, 0.15) is 6.29 Å². The molecule has 0 spiro atoms. The van der Waals surface area contributed by atoms with Gasteiger partial charge in [-0.3, -0.25) is 0 Å². The van der Waals surface area contributed by atoms with E-state index in [4.69, 9.17) is 5.73 Å². The van der Waals surface area contributed by atoms with Gasteiger partial charge < -0.3 is 15.8 Å². The Morgan fingerprint density at radius 1 is 1.62 bits per heavy atom. The van der Waals surface area contributed by atoms with Gasteiger partial charge in [-0.05, 0) is 0 Å². The van der Waals surface area contributed by atoms with Crippen molar-refractivity contribution in [1.82, 2.24) is 5.32 Å². The normalized spacial score (nSPS) is 37.6. The molecule has 1 heterocycles. The molecule has 1 saturated heterocycles. The minimum absolute atomic E-state index is 0.0486. The first-order chi connectivity index (χ1) is 3.84. The highest BCUT2D eigenvalue weighted by Crippen LogP contribution is 2.01. The standard InChI is InChI=1S/C5H10N2O/c6-5-2-7-1-4(5)3-8/h3-5,7H,1-2,6H2. The van der Waals surface area contributed by atoms with Crippen LogP contribution >= 0.6 is 0 Å². The fourth-order valence-corrected chi connectivity index (χ4v) is 0.868. The topological polar surface area (TPSA) is 55.1 Å². The van der Waals surface area contributed by atoms with Crippen LogP contribution in [-0.4, -0.2) is 25.4 Å². The first kappa shape index (κ1) is 5.72. The number of hydrogen-bond donors (Lipinski definition) is 2. The molecule has 1 aliphatic rings. The lowest BCUT2D eigenvalue weighted by Crippen LogP contribution is -2.29. The molecule has 0 aromatic heterocycles. The third-order valence-corrected chi connectivity index (χ3v) is 1.48. The van der Waals surface area contributed by atoms with Crippen LogP contribution in [0.3, 0.4) is 0 Å². The highest BCUT2D eigenvalue weighted by molar-refractivity contribution is 5.55. The monoisotopic (exact) mass is 114 g/mol. The number of nitrogens with two attached hydrogens (primary N) is 1. The number of nitrogens with one attached hydrogen (secondary N) is 1. The maximum Gasteiger partial charge on any atom is 0.125 e. The summed E-state index contributed by atoms with van der Waals surface area (Å²) >= 11 is 0. The molecule has 2 atom stereocenters. The van der Waals surface area contributed by atoms with Crippen LogP contribution in [0.15, 0.2) is 0 Å². The predicted molar refractivity (Wildman–Crippen MR) is 30.4 cm³/mol. The van der Waals surface area contributed by atoms with Gasteiger partial charge in [0.15, 0.2) is 0 Å². The van der Waals surface area contributed by atoms with E-state index in [1.54, 1.807) is 0 Å². The van der Waals surface area contributed by atoms with Gasteiger partial charge in [0.05, 0.1) is 0 Å². The van der Waals surface area contributed by atoms with Crippen LogP contribution < -0.4 is 11.1 Å². The molecule has 0 saturated carbocycles. The van der Waals surface area contributed by atoms with Crippen molar-refractivity contribution in [2.45, 2.75) is 6.04 Å². The van der Waals surface area contributed by atoms with E-state index < -0.39 is 0 Å². The minimum atomic E-state index is 0.0486. The average molecular weight is 114 g/mol. The van der Waals surface area contributed by atoms with Crippen molar-refractivity contribution < 1.29 is 4.79 Å². The summed E-state index contributed by atoms with van der Waals surface area (Å²) in [7, 11) is 0. The summed E-state index contributed by atoms with van der Waals surface area (Å²) < 4.78 is 0. The van der Waals surface area contributed by atoms with E-state index in [9.17, 15) is 4.79 Å². The number of carbonyl (C=O) groups is 1. The molecule has 0 radical (unpaired) electrons. The zero-order valence-corrected chi connectivity index (χ0v) is 4.63. The second kappa shape index (κ2) is 2.24. The molecule has 46 valence electrons. The van der Waals surface area contributed by atoms with Gasteiger partial charge in [-0.25, -0.2) is 0 Å². The van der Waals surface area contributed by atoms with E-state index in [2.05, 4.69) is 5.32 Å². The fraction of sp³-hybridized carbons (Fsp3) is 0.800. The molecule has 8 heavy (non-hydrogen) atoms. The molecule has 0 bridgehead atoms. The summed E-state index contributed by atoms with van der Waals surface area (Å²) in [5.41, 5.74) is 5.50. The molecule has 0 amide bonds. The summed E-state index contributed by atoms with van der Waals surface area (Å²) in [6.45, 7) is 1.54. The molecule has 0 aliphatic carbocycles. The lowest BCUT2D eigenvalue weighted by molar-refractivity contribution is -0.110. The van der Waals surface area contributed by atoms with E-state index in [1.165, 1.54) is 0 Å². The van der Waals surface area contributed by atoms with Crippen molar-refractivity contribution in [3.8, 4) is 0 Å². The lowest BCUT2D eigenvalue weighted by atomic mass is 10.1. The van der Waals surface area contributed by atoms with Crippen molar-refractivity contribution in [2.24, 2.45) is 11.7 Å². The molecule has 1 aliphatic heterocycles. The number of carbonyl (C=O) groups excluding carboxylic acids is 1. The Bertz CT molecular complexity index is 94.4. The SMILES string of the molecule is NC1CNCC1C=O. The van der Waals surface area contributed by atoms with Crippen LogP contribution in [0.5, 0.6) is 0 Å². The Hall–Kier alpha value is -0.410. The van der Waals surface area contributed by atoms with Crippen molar-refractivity contribution in [3.05, 3.63) is 0 Å². The van der Waals surface area contributed by atoms with Crippen molar-refractivity contribution >= 4 is 6.29 Å². The predicted octanol–water partition coefficient (Wildman–Crippen LogP) is -1.27. The van der Waals surface area contributed by atoms with Crippen LogP contribution in [-0.2, 0) is 4.79 Å². The zero-order chi connectivity index (χ0) is 5.98. The molecule has 0 aromatic carbocycles. The summed E-state index contributed by atoms with van der Waals surface area (Å²) in [5.74, 6) is 0.0509. The Balaban J connectivity index is 2.41. The van der Waals surface area contributed by atoms with Crippen LogP contribution in [0.1, 0.15) is 0 Å². The van der Waals surface area contributed by atoms with Gasteiger partial charge in [0.25, 0.3) is 0 Å². The van der Waals surface area contributed by atoms with Gasteiger partial charge in [0.2, 0.25) is 0 Å². The van der Waals surface area contributed by atoms with E-state index in [-0.39, 0.29) is 12.0 Å². The summed E-state index contributed by atoms with van der Waals surface area (Å²) in [5, 5.41) is 3.02. The maximum absolute atomic E-state index is 10.1. The third-order valence-electron chi connectivity index (χ3n) is 1.48. The first-order valence-electron chi connectivity index (χ1n) is 2.76. The van der Waals surface area contributed by atoms with Gasteiger partial charge in [-0.15, -0.1) is 0 Å². The van der Waals surface area contributed by atoms with Crippen molar-refractivity contribution in [2.75, 3.05) is 13.1 Å². The molecular weight excluding hydrogens is 104 g/mol. The lowest BCUT2D eigenvalue weighted by Gasteiger charge is -2.02. The summed E-state index contributed by atoms with van der Waals surface area (Å²) in [6, 6.07) is 0.0486. The third kappa shape index (κ3) is 0.877. The largest absolute Gasteiger partial charge is 0.326 e. The quantitative estimate of drug-likeness (QED) is 0.418. The van der Waals surface area contributed by atoms with Gasteiger partial charge in [0, 0.05) is 25.0 Å². The smallest absolute Gasteiger partial charge is 0.125 e. The van der Waals surface area contributed by atoms with E-state index >= 15 is 0 Å². The van der Waals surface area contributed by atoms with Crippen molar-refractivity contribution in [3.63, 3.8) is 0 Å². The molecule has 3 N–H and O–H groups in total. The Morgan fingerprint density at radius 2 is 2.38 bits per heavy atom. The van der Waals surface area contributed by atoms with Gasteiger partial charge in [-0.2, -0.15) is 0 Å². The Labute approximate surface area is 48.2 Å². The molecule has 1 rings (SSSR count). The number of rotatable bonds is 1. The zero-order valence-electron chi connectivity index (χ0n) is 4.63. The molecular formula is C5H10N2O. The second-order valence-electron chi connectivity index (χ2n) is 2.12. The Morgan fingerprint density at radius 3 is 2.62 bits per heavy atom. The van der Waals surface area contributed by atoms with Crippen molar-refractivity contribution in [1.29, 1.82) is 0 Å². The minimum Gasteiger partial charge on any atom is -0.326 e. The van der Waals surface area contributed by atoms with Crippen LogP contribution in [0.25, 0.3) is 0 Å². The fourth-order valence-electron chi connectivity index (χ4n) is 0.868. The molecule has 1 fully saturated rings. The Kier molecular flexibility index (Phi) is 1.60. The van der Waals surface area contributed by atoms with E-state index in [0.29, 0.717) is 0 Å². The second-order valence-corrected chi connectivity index (χ2v) is 2.12. The molecule has 3 nitrogen and oxygen atoms in total. The van der Waals surface area contributed by atoms with E-state index in [1.807, 2.05) is 0 Å². The first-order valence-corrected chi connectivity index (χ1v) is 2.76.